The van der Waals surface area contributed by atoms with Gasteiger partial charge in [0, 0.05) is 0 Å². The second-order valence-electron chi connectivity index (χ2n) is 5.73. The van der Waals surface area contributed by atoms with Crippen LogP contribution in [0, 0.1) is 17.3 Å². The molecule has 3 aliphatic carbocycles. The molecule has 0 aromatic carbocycles. The zero-order valence-electron chi connectivity index (χ0n) is 8.67. The van der Waals surface area contributed by atoms with Crippen molar-refractivity contribution < 1.29 is 9.31 Å². The van der Waals surface area contributed by atoms with Crippen molar-refractivity contribution in [3.63, 3.8) is 0 Å². The lowest BCUT2D eigenvalue weighted by atomic mass is 9.45. The summed E-state index contributed by atoms with van der Waals surface area (Å²) in [7, 11) is 0.514. The number of hydrogen-bond donors (Lipinski definition) is 0. The van der Waals surface area contributed by atoms with E-state index in [1.165, 1.54) is 12.8 Å². The van der Waals surface area contributed by atoms with Crippen LogP contribution in [-0.4, -0.2) is 19.4 Å². The van der Waals surface area contributed by atoms with E-state index in [1.54, 1.807) is 0 Å². The first-order valence-corrected chi connectivity index (χ1v) is 5.29. The molecule has 0 aromatic rings. The molecule has 4 aliphatic rings. The zero-order chi connectivity index (χ0) is 9.27. The second kappa shape index (κ2) is 2.14. The van der Waals surface area contributed by atoms with Crippen LogP contribution in [0.25, 0.3) is 0 Å². The Bertz CT molecular complexity index is 253. The highest BCUT2D eigenvalue weighted by molar-refractivity contribution is 6.19. The predicted molar refractivity (Wildman–Crippen MR) is 51.5 cm³/mol. The quantitative estimate of drug-likeness (QED) is 0.526. The Hall–Kier alpha value is -0.0151. The van der Waals surface area contributed by atoms with Gasteiger partial charge >= 0.3 is 7.69 Å². The molecule has 4 rings (SSSR count). The summed E-state index contributed by atoms with van der Waals surface area (Å²) in [6.07, 6.45) is 2.92. The van der Waals surface area contributed by atoms with Crippen molar-refractivity contribution in [1.82, 2.24) is 0 Å². The van der Waals surface area contributed by atoms with Crippen molar-refractivity contribution >= 4 is 7.69 Å². The van der Waals surface area contributed by atoms with Crippen LogP contribution in [-0.2, 0) is 9.31 Å². The van der Waals surface area contributed by atoms with Gasteiger partial charge in [-0.1, -0.05) is 13.8 Å². The van der Waals surface area contributed by atoms with E-state index < -0.39 is 0 Å². The molecule has 72 valence electrons. The molecule has 2 bridgehead atoms. The fourth-order valence-electron chi connectivity index (χ4n) is 3.62. The van der Waals surface area contributed by atoms with Gasteiger partial charge in [-0.25, -0.2) is 0 Å². The highest BCUT2D eigenvalue weighted by Gasteiger charge is 2.64. The van der Waals surface area contributed by atoms with E-state index in [9.17, 15) is 0 Å². The summed E-state index contributed by atoms with van der Waals surface area (Å²) in [6, 6.07) is 0. The van der Waals surface area contributed by atoms with E-state index >= 15 is 0 Å². The van der Waals surface area contributed by atoms with Crippen LogP contribution in [0.2, 0.25) is 0 Å². The lowest BCUT2D eigenvalue weighted by molar-refractivity contribution is -0.185. The molecule has 3 unspecified atom stereocenters. The summed E-state index contributed by atoms with van der Waals surface area (Å²) in [5, 5.41) is 0. The van der Waals surface area contributed by atoms with Gasteiger partial charge < -0.3 is 9.31 Å². The molecule has 3 heteroatoms. The maximum atomic E-state index is 5.72. The third-order valence-corrected chi connectivity index (χ3v) is 4.80. The molecule has 0 aromatic heterocycles. The highest BCUT2D eigenvalue weighted by Crippen LogP contribution is 2.64. The molecule has 1 heterocycles. The molecule has 1 saturated heterocycles. The molecule has 4 atom stereocenters. The van der Waals surface area contributed by atoms with Crippen molar-refractivity contribution in [1.29, 1.82) is 0 Å². The van der Waals surface area contributed by atoms with Crippen LogP contribution in [0.1, 0.15) is 33.6 Å². The summed E-state index contributed by atoms with van der Waals surface area (Å²) < 4.78 is 11.4. The largest absolute Gasteiger partial charge is 0.438 e. The topological polar surface area (TPSA) is 18.5 Å². The average molecular weight is 180 g/mol. The van der Waals surface area contributed by atoms with Gasteiger partial charge in [0.05, 0.1) is 11.7 Å². The molecule has 0 N–H and O–H groups in total. The molecule has 0 amide bonds. The van der Waals surface area contributed by atoms with E-state index in [-0.39, 0.29) is 5.60 Å². The second-order valence-corrected chi connectivity index (χ2v) is 5.73. The molecule has 2 nitrogen and oxygen atoms in total. The van der Waals surface area contributed by atoms with Crippen molar-refractivity contribution in [3.8, 4) is 0 Å². The standard InChI is InChI=1S/C10H17BO2/c1-9(2)6-4-7(9)8-10(3,5-6)13-11-12-8/h6-8,11H,4-5H2,1-3H3/t6?,7?,8?,10-/m0/s1. The normalized spacial score (nSPS) is 56.4. The van der Waals surface area contributed by atoms with E-state index in [4.69, 9.17) is 9.31 Å². The van der Waals surface area contributed by atoms with E-state index in [0.29, 0.717) is 19.2 Å². The minimum Gasteiger partial charge on any atom is -0.408 e. The average Bonchev–Trinajstić information content (AvgIpc) is 2.44. The van der Waals surface area contributed by atoms with E-state index in [1.807, 2.05) is 0 Å². The smallest absolute Gasteiger partial charge is 0.408 e. The van der Waals surface area contributed by atoms with Gasteiger partial charge in [-0.3, -0.25) is 0 Å². The Morgan fingerprint density at radius 2 is 2.08 bits per heavy atom. The number of hydrogen-bond acceptors (Lipinski definition) is 2. The molecular weight excluding hydrogens is 163 g/mol. The van der Waals surface area contributed by atoms with Crippen molar-refractivity contribution in [2.24, 2.45) is 17.3 Å². The molecular formula is C10H17BO2. The maximum Gasteiger partial charge on any atom is 0.438 e. The monoisotopic (exact) mass is 180 g/mol. The Morgan fingerprint density at radius 1 is 1.31 bits per heavy atom. The highest BCUT2D eigenvalue weighted by atomic mass is 16.6. The molecule has 0 radical (unpaired) electrons. The van der Waals surface area contributed by atoms with Crippen molar-refractivity contribution in [3.05, 3.63) is 0 Å². The summed E-state index contributed by atoms with van der Waals surface area (Å²) in [4.78, 5) is 0. The van der Waals surface area contributed by atoms with Gasteiger partial charge in [0.15, 0.2) is 0 Å². The minimum atomic E-state index is 0.0447. The summed E-state index contributed by atoms with van der Waals surface area (Å²) in [5.74, 6) is 1.60. The Labute approximate surface area is 80.3 Å². The molecule has 13 heavy (non-hydrogen) atoms. The van der Waals surface area contributed by atoms with E-state index in [2.05, 4.69) is 20.8 Å². The molecule has 3 saturated carbocycles. The van der Waals surface area contributed by atoms with Gasteiger partial charge in [0.2, 0.25) is 0 Å². The predicted octanol–water partition coefficient (Wildman–Crippen LogP) is 1.49. The summed E-state index contributed by atoms with van der Waals surface area (Å²) in [6.45, 7) is 6.99. The van der Waals surface area contributed by atoms with E-state index in [0.717, 1.165) is 11.8 Å². The van der Waals surface area contributed by atoms with Crippen LogP contribution >= 0.6 is 0 Å². The lowest BCUT2D eigenvalue weighted by Gasteiger charge is -2.63. The van der Waals surface area contributed by atoms with Crippen molar-refractivity contribution in [2.45, 2.75) is 45.3 Å². The van der Waals surface area contributed by atoms with Crippen LogP contribution < -0.4 is 0 Å². The van der Waals surface area contributed by atoms with Crippen LogP contribution in [0.4, 0.5) is 0 Å². The fraction of sp³-hybridized carbons (Fsp3) is 1.00. The molecule has 0 spiro atoms. The zero-order valence-corrected chi connectivity index (χ0v) is 8.67. The van der Waals surface area contributed by atoms with Crippen LogP contribution in [0.5, 0.6) is 0 Å². The Morgan fingerprint density at radius 3 is 2.77 bits per heavy atom. The third-order valence-electron chi connectivity index (χ3n) is 4.80. The summed E-state index contributed by atoms with van der Waals surface area (Å²) in [5.41, 5.74) is 0.543. The first kappa shape index (κ1) is 8.31. The van der Waals surface area contributed by atoms with Gasteiger partial charge in [0.25, 0.3) is 0 Å². The number of rotatable bonds is 0. The van der Waals surface area contributed by atoms with Crippen molar-refractivity contribution in [2.75, 3.05) is 0 Å². The van der Waals surface area contributed by atoms with Crippen LogP contribution in [0.15, 0.2) is 0 Å². The van der Waals surface area contributed by atoms with Gasteiger partial charge in [-0.05, 0) is 37.0 Å². The van der Waals surface area contributed by atoms with Crippen LogP contribution in [0.3, 0.4) is 0 Å². The fourth-order valence-corrected chi connectivity index (χ4v) is 3.62. The SMILES string of the molecule is CC1(C)C2CC1C1OBO[C@@]1(C)C2. The van der Waals surface area contributed by atoms with Gasteiger partial charge in [-0.15, -0.1) is 0 Å². The first-order chi connectivity index (χ1) is 6.04. The van der Waals surface area contributed by atoms with Gasteiger partial charge in [0.1, 0.15) is 0 Å². The lowest BCUT2D eigenvalue weighted by Crippen LogP contribution is -2.63. The minimum absolute atomic E-state index is 0.0447. The summed E-state index contributed by atoms with van der Waals surface area (Å²) >= 11 is 0. The van der Waals surface area contributed by atoms with Gasteiger partial charge in [-0.2, -0.15) is 0 Å². The Kier molecular flexibility index (Phi) is 1.37. The maximum absolute atomic E-state index is 5.72. The first-order valence-electron chi connectivity index (χ1n) is 5.29. The Balaban J connectivity index is 1.94. The third kappa shape index (κ3) is 0.828. The molecule has 4 fully saturated rings. The molecule has 1 aliphatic heterocycles.